The van der Waals surface area contributed by atoms with E-state index < -0.39 is 11.8 Å². The van der Waals surface area contributed by atoms with Crippen LogP contribution in [0.5, 0.6) is 0 Å². The maximum atomic E-state index is 11.8. The molecule has 2 amide bonds. The van der Waals surface area contributed by atoms with E-state index in [0.717, 1.165) is 25.7 Å². The Morgan fingerprint density at radius 3 is 2.73 bits per heavy atom. The predicted octanol–water partition coefficient (Wildman–Crippen LogP) is 1.07. The van der Waals surface area contributed by atoms with Gasteiger partial charge in [-0.2, -0.15) is 5.10 Å². The van der Waals surface area contributed by atoms with Gasteiger partial charge in [0.05, 0.1) is 18.0 Å². The highest BCUT2D eigenvalue weighted by Gasteiger charge is 2.24. The number of anilines is 1. The molecule has 0 saturated heterocycles. The van der Waals surface area contributed by atoms with Crippen molar-refractivity contribution >= 4 is 17.5 Å². The monoisotopic (exact) mass is 308 g/mol. The van der Waals surface area contributed by atoms with E-state index in [1.165, 1.54) is 6.20 Å². The van der Waals surface area contributed by atoms with Gasteiger partial charge in [0.1, 0.15) is 0 Å². The minimum atomic E-state index is -0.714. The zero-order valence-corrected chi connectivity index (χ0v) is 13.1. The summed E-state index contributed by atoms with van der Waals surface area (Å²) in [6.07, 6.45) is 6.52. The van der Waals surface area contributed by atoms with Crippen molar-refractivity contribution in [3.05, 3.63) is 12.4 Å². The van der Waals surface area contributed by atoms with Crippen molar-refractivity contribution in [2.75, 3.05) is 11.9 Å². The largest absolute Gasteiger partial charge is 0.393 e. The minimum absolute atomic E-state index is 0.0363. The summed E-state index contributed by atoms with van der Waals surface area (Å²) in [7, 11) is 0. The second-order valence-corrected chi connectivity index (χ2v) is 6.08. The summed E-state index contributed by atoms with van der Waals surface area (Å²) in [6.45, 7) is 4.28. The first-order valence-corrected chi connectivity index (χ1v) is 7.78. The highest BCUT2D eigenvalue weighted by molar-refractivity contribution is 6.39. The highest BCUT2D eigenvalue weighted by Crippen LogP contribution is 2.23. The third-order valence-electron chi connectivity index (χ3n) is 3.99. The summed E-state index contributed by atoms with van der Waals surface area (Å²) in [5.74, 6) is -1.36. The van der Waals surface area contributed by atoms with Gasteiger partial charge in [0, 0.05) is 24.7 Å². The molecule has 1 aliphatic carbocycles. The Labute approximate surface area is 130 Å². The standard InChI is InChI=1S/C15H24N4O3/c1-10(2)19-9-12(8-17-19)18-15(22)14(21)16-7-11-5-3-4-6-13(11)20/h8-11,13,20H,3-7H2,1-2H3,(H,16,21)(H,18,22)/t11-,13+/m1/s1. The van der Waals surface area contributed by atoms with Gasteiger partial charge in [-0.25, -0.2) is 0 Å². The first kappa shape index (κ1) is 16.5. The van der Waals surface area contributed by atoms with Gasteiger partial charge in [0.2, 0.25) is 0 Å². The van der Waals surface area contributed by atoms with Crippen LogP contribution in [-0.2, 0) is 9.59 Å². The minimum Gasteiger partial charge on any atom is -0.393 e. The van der Waals surface area contributed by atoms with E-state index in [1.54, 1.807) is 10.9 Å². The van der Waals surface area contributed by atoms with Crippen molar-refractivity contribution < 1.29 is 14.7 Å². The lowest BCUT2D eigenvalue weighted by atomic mass is 9.86. The fourth-order valence-corrected chi connectivity index (χ4v) is 2.60. The first-order valence-electron chi connectivity index (χ1n) is 7.78. The Hall–Kier alpha value is -1.89. The average Bonchev–Trinajstić information content (AvgIpc) is 2.94. The lowest BCUT2D eigenvalue weighted by Gasteiger charge is -2.27. The highest BCUT2D eigenvalue weighted by atomic mass is 16.3. The lowest BCUT2D eigenvalue weighted by molar-refractivity contribution is -0.136. The number of aliphatic hydroxyl groups is 1. The molecule has 0 aliphatic heterocycles. The van der Waals surface area contributed by atoms with Crippen molar-refractivity contribution in [2.24, 2.45) is 5.92 Å². The maximum absolute atomic E-state index is 11.8. The summed E-state index contributed by atoms with van der Waals surface area (Å²) < 4.78 is 1.70. The van der Waals surface area contributed by atoms with Crippen LogP contribution in [0.4, 0.5) is 5.69 Å². The Morgan fingerprint density at radius 1 is 1.36 bits per heavy atom. The molecule has 22 heavy (non-hydrogen) atoms. The van der Waals surface area contributed by atoms with Crippen molar-refractivity contribution in [1.82, 2.24) is 15.1 Å². The molecule has 2 rings (SSSR count). The van der Waals surface area contributed by atoms with Crippen LogP contribution in [0.3, 0.4) is 0 Å². The molecule has 1 aromatic heterocycles. The van der Waals surface area contributed by atoms with Gasteiger partial charge in [0.25, 0.3) is 0 Å². The zero-order chi connectivity index (χ0) is 16.1. The maximum Gasteiger partial charge on any atom is 0.313 e. The molecular formula is C15H24N4O3. The summed E-state index contributed by atoms with van der Waals surface area (Å²) in [6, 6.07) is 0.187. The van der Waals surface area contributed by atoms with Gasteiger partial charge in [-0.1, -0.05) is 12.8 Å². The van der Waals surface area contributed by atoms with Crippen LogP contribution >= 0.6 is 0 Å². The molecule has 122 valence electrons. The molecule has 7 heteroatoms. The van der Waals surface area contributed by atoms with Crippen LogP contribution in [0, 0.1) is 5.92 Å². The average molecular weight is 308 g/mol. The second kappa shape index (κ2) is 7.40. The fourth-order valence-electron chi connectivity index (χ4n) is 2.60. The smallest absolute Gasteiger partial charge is 0.313 e. The number of hydrogen-bond acceptors (Lipinski definition) is 4. The topological polar surface area (TPSA) is 96.2 Å². The first-order chi connectivity index (χ1) is 10.5. The number of rotatable bonds is 4. The van der Waals surface area contributed by atoms with Crippen molar-refractivity contribution in [3.63, 3.8) is 0 Å². The molecule has 3 N–H and O–H groups in total. The number of hydrogen-bond donors (Lipinski definition) is 3. The Bertz CT molecular complexity index is 527. The van der Waals surface area contributed by atoms with Gasteiger partial charge in [-0.15, -0.1) is 0 Å². The third kappa shape index (κ3) is 4.30. The van der Waals surface area contributed by atoms with E-state index in [-0.39, 0.29) is 18.1 Å². The van der Waals surface area contributed by atoms with Gasteiger partial charge < -0.3 is 15.7 Å². The lowest BCUT2D eigenvalue weighted by Crippen LogP contribution is -2.41. The van der Waals surface area contributed by atoms with Crippen LogP contribution in [0.25, 0.3) is 0 Å². The van der Waals surface area contributed by atoms with Crippen LogP contribution < -0.4 is 10.6 Å². The molecule has 1 aliphatic rings. The number of carbonyl (C=O) groups is 2. The Morgan fingerprint density at radius 2 is 2.09 bits per heavy atom. The van der Waals surface area contributed by atoms with Gasteiger partial charge in [-0.3, -0.25) is 14.3 Å². The molecule has 1 aromatic rings. The molecule has 1 fully saturated rings. The van der Waals surface area contributed by atoms with Crippen LogP contribution in [0.15, 0.2) is 12.4 Å². The molecule has 7 nitrogen and oxygen atoms in total. The predicted molar refractivity (Wildman–Crippen MR) is 82.2 cm³/mol. The number of aromatic nitrogens is 2. The molecular weight excluding hydrogens is 284 g/mol. The van der Waals surface area contributed by atoms with Crippen molar-refractivity contribution in [1.29, 1.82) is 0 Å². The second-order valence-electron chi connectivity index (χ2n) is 6.08. The summed E-state index contributed by atoms with van der Waals surface area (Å²) in [5, 5.41) is 19.1. The van der Waals surface area contributed by atoms with E-state index in [2.05, 4.69) is 15.7 Å². The molecule has 0 radical (unpaired) electrons. The van der Waals surface area contributed by atoms with E-state index in [9.17, 15) is 14.7 Å². The quantitative estimate of drug-likeness (QED) is 0.725. The van der Waals surface area contributed by atoms with E-state index >= 15 is 0 Å². The number of carbonyl (C=O) groups excluding carboxylic acids is 2. The molecule has 0 spiro atoms. The van der Waals surface area contributed by atoms with E-state index in [1.807, 2.05) is 13.8 Å². The molecule has 0 bridgehead atoms. The zero-order valence-electron chi connectivity index (χ0n) is 13.1. The number of amides is 2. The SMILES string of the molecule is CC(C)n1cc(NC(=O)C(=O)NC[C@H]2CCCC[C@@H]2O)cn1. The Balaban J connectivity index is 1.80. The normalized spacial score (nSPS) is 21.6. The molecule has 2 atom stereocenters. The fraction of sp³-hybridized carbons (Fsp3) is 0.667. The molecule has 0 unspecified atom stereocenters. The number of nitrogens with one attached hydrogen (secondary N) is 2. The Kier molecular flexibility index (Phi) is 5.54. The summed E-state index contributed by atoms with van der Waals surface area (Å²) >= 11 is 0. The number of nitrogens with zero attached hydrogens (tertiary/aromatic N) is 2. The molecule has 0 aromatic carbocycles. The van der Waals surface area contributed by atoms with Crippen LogP contribution in [-0.4, -0.2) is 39.4 Å². The van der Waals surface area contributed by atoms with E-state index in [4.69, 9.17) is 0 Å². The molecule has 1 heterocycles. The molecule has 1 saturated carbocycles. The van der Waals surface area contributed by atoms with Gasteiger partial charge in [-0.05, 0) is 26.7 Å². The van der Waals surface area contributed by atoms with E-state index in [0.29, 0.717) is 12.2 Å². The third-order valence-corrected chi connectivity index (χ3v) is 3.99. The van der Waals surface area contributed by atoms with Crippen molar-refractivity contribution in [3.8, 4) is 0 Å². The van der Waals surface area contributed by atoms with Crippen LogP contribution in [0.1, 0.15) is 45.6 Å². The summed E-state index contributed by atoms with van der Waals surface area (Å²) in [4.78, 5) is 23.6. The van der Waals surface area contributed by atoms with Crippen molar-refractivity contribution in [2.45, 2.75) is 51.7 Å². The van der Waals surface area contributed by atoms with Gasteiger partial charge >= 0.3 is 11.8 Å². The summed E-state index contributed by atoms with van der Waals surface area (Å²) in [5.41, 5.74) is 0.492. The van der Waals surface area contributed by atoms with Crippen LogP contribution in [0.2, 0.25) is 0 Å². The number of aliphatic hydroxyl groups excluding tert-OH is 1. The van der Waals surface area contributed by atoms with Gasteiger partial charge in [0.15, 0.2) is 0 Å².